The molecule has 0 radical (unpaired) electrons. The maximum absolute atomic E-state index is 14.5. The number of halogens is 1. The van der Waals surface area contributed by atoms with Crippen LogP contribution in [0.15, 0.2) is 51.3 Å². The zero-order chi connectivity index (χ0) is 22.5. The monoisotopic (exact) mass is 465 g/mol. The Hall–Kier alpha value is -2.23. The summed E-state index contributed by atoms with van der Waals surface area (Å²) in [6.07, 6.45) is 1.79. The van der Waals surface area contributed by atoms with Gasteiger partial charge in [0.1, 0.15) is 23.4 Å². The lowest BCUT2D eigenvalue weighted by molar-refractivity contribution is -0.147. The predicted molar refractivity (Wildman–Crippen MR) is 118 cm³/mol. The maximum atomic E-state index is 14.5. The highest BCUT2D eigenvalue weighted by Crippen LogP contribution is 2.43. The van der Waals surface area contributed by atoms with Crippen molar-refractivity contribution in [2.45, 2.75) is 36.5 Å². The number of carbonyl (C=O) groups is 2. The minimum Gasteiger partial charge on any atom is -0.478 e. The summed E-state index contributed by atoms with van der Waals surface area (Å²) in [7, 11) is 4.37. The number of rotatable bonds is 7. The number of hydrogen-bond acceptors (Lipinski definition) is 7. The number of nitrogens with zero attached hydrogens (tertiary/aromatic N) is 1. The van der Waals surface area contributed by atoms with E-state index in [9.17, 15) is 19.1 Å². The molecule has 1 aliphatic rings. The first kappa shape index (κ1) is 23.4. The molecule has 1 aliphatic heterocycles. The summed E-state index contributed by atoms with van der Waals surface area (Å²) in [4.78, 5) is 26.8. The van der Waals surface area contributed by atoms with Crippen molar-refractivity contribution < 1.29 is 28.2 Å². The number of aliphatic carboxylic acids is 1. The Morgan fingerprint density at radius 3 is 2.71 bits per heavy atom. The van der Waals surface area contributed by atoms with Gasteiger partial charge in [-0.2, -0.15) is 0 Å². The number of likely N-dealkylation sites (tertiary alicyclic amines) is 1. The molecule has 2 unspecified atom stereocenters. The van der Waals surface area contributed by atoms with Crippen LogP contribution in [0.1, 0.15) is 29.5 Å². The molecule has 2 aromatic rings. The van der Waals surface area contributed by atoms with Crippen LogP contribution in [0.2, 0.25) is 0 Å². The van der Waals surface area contributed by atoms with E-state index in [2.05, 4.69) is 0 Å². The first-order valence-corrected chi connectivity index (χ1v) is 11.9. The van der Waals surface area contributed by atoms with Gasteiger partial charge in [-0.15, -0.1) is 0 Å². The number of esters is 1. The second kappa shape index (κ2) is 10.4. The zero-order valence-corrected chi connectivity index (χ0v) is 19.1. The second-order valence-electron chi connectivity index (χ2n) is 7.21. The Bertz CT molecular complexity index is 990. The molecule has 1 N–H and O–H groups in total. The third kappa shape index (κ3) is 5.72. The van der Waals surface area contributed by atoms with Crippen LogP contribution in [0.5, 0.6) is 0 Å². The molecule has 1 saturated heterocycles. The number of furan rings is 1. The van der Waals surface area contributed by atoms with Crippen LogP contribution in [0.4, 0.5) is 4.39 Å². The summed E-state index contributed by atoms with van der Waals surface area (Å²) in [6.45, 7) is 4.49. The van der Waals surface area contributed by atoms with Gasteiger partial charge in [-0.25, -0.2) is 14.0 Å². The van der Waals surface area contributed by atoms with Gasteiger partial charge in [-0.05, 0) is 38.0 Å². The zero-order valence-electron chi connectivity index (χ0n) is 17.5. The molecule has 0 saturated carbocycles. The summed E-state index contributed by atoms with van der Waals surface area (Å²) >= 11 is 0. The van der Waals surface area contributed by atoms with E-state index in [0.717, 1.165) is 16.4 Å². The van der Waals surface area contributed by atoms with Crippen LogP contribution >= 0.6 is 21.6 Å². The van der Waals surface area contributed by atoms with Crippen molar-refractivity contribution >= 4 is 33.5 Å². The van der Waals surface area contributed by atoms with E-state index in [-0.39, 0.29) is 17.4 Å². The predicted octanol–water partition coefficient (Wildman–Crippen LogP) is 4.78. The van der Waals surface area contributed by atoms with Gasteiger partial charge >= 0.3 is 11.9 Å². The Morgan fingerprint density at radius 2 is 2.10 bits per heavy atom. The lowest BCUT2D eigenvalue weighted by Crippen LogP contribution is -2.43. The highest BCUT2D eigenvalue weighted by atomic mass is 33.1. The highest BCUT2D eigenvalue weighted by molar-refractivity contribution is 8.77. The van der Waals surface area contributed by atoms with Crippen molar-refractivity contribution in [3.05, 3.63) is 64.9 Å². The molecule has 0 aliphatic carbocycles. The van der Waals surface area contributed by atoms with Crippen molar-refractivity contribution in [1.29, 1.82) is 0 Å². The van der Waals surface area contributed by atoms with Crippen molar-refractivity contribution in [3.63, 3.8) is 0 Å². The van der Waals surface area contributed by atoms with Crippen LogP contribution in [0, 0.1) is 19.7 Å². The molecule has 1 fully saturated rings. The average Bonchev–Trinajstić information content (AvgIpc) is 3.05. The molecule has 0 amide bonds. The van der Waals surface area contributed by atoms with E-state index in [1.807, 2.05) is 19.9 Å². The fourth-order valence-electron chi connectivity index (χ4n) is 3.59. The van der Waals surface area contributed by atoms with Gasteiger partial charge < -0.3 is 14.3 Å². The minimum atomic E-state index is -1.05. The average molecular weight is 466 g/mol. The molecule has 1 aromatic carbocycles. The maximum Gasteiger partial charge on any atom is 0.328 e. The Morgan fingerprint density at radius 1 is 1.35 bits per heavy atom. The van der Waals surface area contributed by atoms with Gasteiger partial charge in [0.2, 0.25) is 0 Å². The van der Waals surface area contributed by atoms with Gasteiger partial charge in [0.25, 0.3) is 0 Å². The first-order valence-electron chi connectivity index (χ1n) is 9.70. The lowest BCUT2D eigenvalue weighted by Gasteiger charge is -2.37. The fourth-order valence-corrected chi connectivity index (χ4v) is 6.47. The second-order valence-corrected chi connectivity index (χ2v) is 9.65. The van der Waals surface area contributed by atoms with Crippen molar-refractivity contribution in [2.75, 3.05) is 20.2 Å². The Labute approximate surface area is 188 Å². The van der Waals surface area contributed by atoms with Gasteiger partial charge in [0.15, 0.2) is 0 Å². The SMILES string of the molecule is COC(=O)C(c1ccccc1F)N1CCC(SSc2cc(C)oc2C)C(=CC(=O)O)C1. The molecule has 166 valence electrons. The van der Waals surface area contributed by atoms with E-state index >= 15 is 0 Å². The lowest BCUT2D eigenvalue weighted by atomic mass is 9.98. The van der Waals surface area contributed by atoms with Crippen LogP contribution in [0.3, 0.4) is 0 Å². The molecular weight excluding hydrogens is 441 g/mol. The van der Waals surface area contributed by atoms with Crippen molar-refractivity contribution in [2.24, 2.45) is 0 Å². The topological polar surface area (TPSA) is 80.0 Å². The number of benzene rings is 1. The third-order valence-electron chi connectivity index (χ3n) is 5.03. The van der Waals surface area contributed by atoms with E-state index in [0.29, 0.717) is 18.5 Å². The largest absolute Gasteiger partial charge is 0.478 e. The highest BCUT2D eigenvalue weighted by Gasteiger charge is 2.36. The number of aryl methyl sites for hydroxylation is 2. The van der Waals surface area contributed by atoms with Gasteiger partial charge in [0.05, 0.1) is 12.0 Å². The molecule has 9 heteroatoms. The molecule has 31 heavy (non-hydrogen) atoms. The Balaban J connectivity index is 1.82. The number of piperidine rings is 1. The standard InChI is InChI=1S/C22H24FNO5S2/c1-13-10-19(14(2)29-13)31-30-18-8-9-24(12-15(18)11-20(25)26)21(22(27)28-3)16-6-4-5-7-17(16)23/h4-7,10-11,18,21H,8-9,12H2,1-3H3,(H,25,26). The van der Waals surface area contributed by atoms with Crippen LogP contribution in [-0.4, -0.2) is 47.4 Å². The number of carboxylic acid groups (broad SMARTS) is 1. The number of hydrogen-bond donors (Lipinski definition) is 1. The number of carbonyl (C=O) groups excluding carboxylic acids is 1. The van der Waals surface area contributed by atoms with Crippen LogP contribution in [0.25, 0.3) is 0 Å². The smallest absolute Gasteiger partial charge is 0.328 e. The Kier molecular flexibility index (Phi) is 7.85. The fraction of sp³-hybridized carbons (Fsp3) is 0.364. The number of carboxylic acids is 1. The van der Waals surface area contributed by atoms with Crippen LogP contribution < -0.4 is 0 Å². The number of ether oxygens (including phenoxy) is 1. The van der Waals surface area contributed by atoms with Gasteiger partial charge in [0, 0.05) is 30.0 Å². The number of methoxy groups -OCH3 is 1. The molecule has 1 aromatic heterocycles. The van der Waals surface area contributed by atoms with Crippen molar-refractivity contribution in [1.82, 2.24) is 4.90 Å². The summed E-state index contributed by atoms with van der Waals surface area (Å²) in [5.74, 6) is -0.489. The molecule has 3 rings (SSSR count). The molecule has 6 nitrogen and oxygen atoms in total. The summed E-state index contributed by atoms with van der Waals surface area (Å²) < 4.78 is 25.0. The van der Waals surface area contributed by atoms with E-state index < -0.39 is 23.8 Å². The molecule has 2 atom stereocenters. The normalized spacial score (nSPS) is 19.4. The molecule has 0 bridgehead atoms. The molecular formula is C22H24FNO5S2. The van der Waals surface area contributed by atoms with Crippen LogP contribution in [-0.2, 0) is 14.3 Å². The summed E-state index contributed by atoms with van der Waals surface area (Å²) in [5, 5.41) is 9.32. The molecule has 2 heterocycles. The quantitative estimate of drug-likeness (QED) is 0.356. The van der Waals surface area contributed by atoms with E-state index in [1.54, 1.807) is 44.7 Å². The van der Waals surface area contributed by atoms with E-state index in [1.165, 1.54) is 19.3 Å². The minimum absolute atomic E-state index is 0.0640. The van der Waals surface area contributed by atoms with Crippen molar-refractivity contribution in [3.8, 4) is 0 Å². The first-order chi connectivity index (χ1) is 14.8. The van der Waals surface area contributed by atoms with Gasteiger partial charge in [-0.3, -0.25) is 4.90 Å². The molecule has 0 spiro atoms. The van der Waals surface area contributed by atoms with Gasteiger partial charge in [-0.1, -0.05) is 39.8 Å². The third-order valence-corrected chi connectivity index (χ3v) is 8.00. The summed E-state index contributed by atoms with van der Waals surface area (Å²) in [5.41, 5.74) is 0.883. The summed E-state index contributed by atoms with van der Waals surface area (Å²) in [6, 6.07) is 7.08. The van der Waals surface area contributed by atoms with E-state index in [4.69, 9.17) is 9.15 Å².